The Hall–Kier alpha value is -1.58. The van der Waals surface area contributed by atoms with E-state index in [0.717, 1.165) is 29.5 Å². The molecule has 0 spiro atoms. The van der Waals surface area contributed by atoms with Crippen molar-refractivity contribution in [3.05, 3.63) is 24.2 Å². The summed E-state index contributed by atoms with van der Waals surface area (Å²) in [6.45, 7) is 12.2. The summed E-state index contributed by atoms with van der Waals surface area (Å²) in [5.74, 6) is 1.70. The molecular weight excluding hydrogens is 248 g/mol. The summed E-state index contributed by atoms with van der Waals surface area (Å²) in [5.41, 5.74) is 2.72. The summed E-state index contributed by atoms with van der Waals surface area (Å²) in [4.78, 5) is 4.48. The summed E-state index contributed by atoms with van der Waals surface area (Å²) in [6.07, 6.45) is 5.03. The molecule has 20 heavy (non-hydrogen) atoms. The van der Waals surface area contributed by atoms with Gasteiger partial charge in [-0.25, -0.2) is 9.50 Å². The number of rotatable bonds is 3. The van der Waals surface area contributed by atoms with Crippen molar-refractivity contribution in [2.45, 2.75) is 46.5 Å². The van der Waals surface area contributed by atoms with Gasteiger partial charge in [-0.15, -0.1) is 0 Å². The first kappa shape index (κ1) is 13.4. The molecule has 0 bridgehead atoms. The van der Waals surface area contributed by atoms with Crippen LogP contribution in [-0.4, -0.2) is 21.1 Å². The summed E-state index contributed by atoms with van der Waals surface area (Å²) >= 11 is 0. The van der Waals surface area contributed by atoms with Gasteiger partial charge in [0.15, 0.2) is 5.82 Å². The van der Waals surface area contributed by atoms with Crippen molar-refractivity contribution < 1.29 is 0 Å². The van der Waals surface area contributed by atoms with Crippen molar-refractivity contribution in [2.75, 3.05) is 11.9 Å². The van der Waals surface area contributed by atoms with E-state index in [2.05, 4.69) is 56.1 Å². The molecule has 108 valence electrons. The first-order chi connectivity index (χ1) is 9.27. The average Bonchev–Trinajstić information content (AvgIpc) is 2.76. The van der Waals surface area contributed by atoms with Crippen molar-refractivity contribution in [3.8, 4) is 0 Å². The fourth-order valence-electron chi connectivity index (χ4n) is 2.57. The quantitative estimate of drug-likeness (QED) is 0.930. The molecule has 2 aromatic heterocycles. The van der Waals surface area contributed by atoms with Gasteiger partial charge in [0.05, 0.1) is 5.69 Å². The van der Waals surface area contributed by atoms with Gasteiger partial charge >= 0.3 is 0 Å². The van der Waals surface area contributed by atoms with E-state index in [9.17, 15) is 0 Å². The Balaban J connectivity index is 1.85. The largest absolute Gasteiger partial charge is 0.368 e. The van der Waals surface area contributed by atoms with Crippen molar-refractivity contribution in [1.29, 1.82) is 0 Å². The molecule has 3 rings (SSSR count). The SMILES string of the molecule is CC(C)(C)c1cc2c(NCC3CC3(C)C)nccn2n1. The summed E-state index contributed by atoms with van der Waals surface area (Å²) in [7, 11) is 0. The molecule has 0 aliphatic heterocycles. The van der Waals surface area contributed by atoms with E-state index < -0.39 is 0 Å². The highest BCUT2D eigenvalue weighted by Gasteiger charge is 2.45. The standard InChI is InChI=1S/C16H24N4/c1-15(2,3)13-8-12-14(17-6-7-20(12)19-13)18-10-11-9-16(11,4)5/h6-8,11H,9-10H2,1-5H3,(H,17,18). The van der Waals surface area contributed by atoms with Crippen LogP contribution in [0.5, 0.6) is 0 Å². The van der Waals surface area contributed by atoms with Crippen LogP contribution in [0.2, 0.25) is 0 Å². The number of fused-ring (bicyclic) bond motifs is 1. The van der Waals surface area contributed by atoms with Crippen LogP contribution in [0.1, 0.15) is 46.7 Å². The summed E-state index contributed by atoms with van der Waals surface area (Å²) in [5, 5.41) is 8.15. The van der Waals surface area contributed by atoms with Crippen LogP contribution < -0.4 is 5.32 Å². The lowest BCUT2D eigenvalue weighted by Gasteiger charge is -2.13. The third-order valence-electron chi connectivity index (χ3n) is 4.39. The molecule has 1 aliphatic rings. The Labute approximate surface area is 120 Å². The van der Waals surface area contributed by atoms with Gasteiger partial charge in [-0.3, -0.25) is 0 Å². The fourth-order valence-corrected chi connectivity index (χ4v) is 2.57. The molecular formula is C16H24N4. The molecule has 2 heterocycles. The molecule has 0 radical (unpaired) electrons. The van der Waals surface area contributed by atoms with Crippen LogP contribution >= 0.6 is 0 Å². The Morgan fingerprint density at radius 2 is 2.10 bits per heavy atom. The van der Waals surface area contributed by atoms with Crippen LogP contribution in [0.4, 0.5) is 5.82 Å². The molecule has 1 unspecified atom stereocenters. The predicted molar refractivity (Wildman–Crippen MR) is 82.1 cm³/mol. The minimum atomic E-state index is 0.0573. The first-order valence-corrected chi connectivity index (χ1v) is 7.36. The van der Waals surface area contributed by atoms with Crippen LogP contribution in [0.3, 0.4) is 0 Å². The zero-order chi connectivity index (χ0) is 14.5. The average molecular weight is 272 g/mol. The highest BCUT2D eigenvalue weighted by Crippen LogP contribution is 2.51. The molecule has 4 nitrogen and oxygen atoms in total. The van der Waals surface area contributed by atoms with Crippen LogP contribution in [-0.2, 0) is 5.41 Å². The number of aromatic nitrogens is 3. The first-order valence-electron chi connectivity index (χ1n) is 7.36. The lowest BCUT2D eigenvalue weighted by Crippen LogP contribution is -2.11. The van der Waals surface area contributed by atoms with Crippen molar-refractivity contribution in [2.24, 2.45) is 11.3 Å². The van der Waals surface area contributed by atoms with Gasteiger partial charge in [-0.05, 0) is 23.8 Å². The maximum Gasteiger partial charge on any atom is 0.152 e. The third-order valence-corrected chi connectivity index (χ3v) is 4.39. The maximum absolute atomic E-state index is 4.65. The minimum Gasteiger partial charge on any atom is -0.368 e. The maximum atomic E-state index is 4.65. The molecule has 1 N–H and O–H groups in total. The van der Waals surface area contributed by atoms with E-state index in [1.54, 1.807) is 0 Å². The van der Waals surface area contributed by atoms with Gasteiger partial charge in [0.25, 0.3) is 0 Å². The monoisotopic (exact) mass is 272 g/mol. The number of anilines is 1. The number of hydrogen-bond acceptors (Lipinski definition) is 3. The Morgan fingerprint density at radius 1 is 1.40 bits per heavy atom. The molecule has 0 aromatic carbocycles. The second-order valence-electron chi connectivity index (χ2n) is 7.66. The van der Waals surface area contributed by atoms with E-state index in [1.807, 2.05) is 16.9 Å². The predicted octanol–water partition coefficient (Wildman–Crippen LogP) is 3.48. The molecule has 1 atom stereocenters. The smallest absolute Gasteiger partial charge is 0.152 e. The Kier molecular flexibility index (Phi) is 2.82. The number of nitrogens with one attached hydrogen (secondary N) is 1. The topological polar surface area (TPSA) is 42.2 Å². The lowest BCUT2D eigenvalue weighted by atomic mass is 9.92. The molecule has 1 fully saturated rings. The van der Waals surface area contributed by atoms with Crippen LogP contribution in [0, 0.1) is 11.3 Å². The highest BCUT2D eigenvalue weighted by atomic mass is 15.2. The van der Waals surface area contributed by atoms with E-state index in [4.69, 9.17) is 0 Å². The Bertz CT molecular complexity index is 633. The molecule has 1 saturated carbocycles. The molecule has 2 aromatic rings. The normalized spacial score (nSPS) is 21.1. The van der Waals surface area contributed by atoms with Gasteiger partial charge in [0.1, 0.15) is 5.52 Å². The fraction of sp³-hybridized carbons (Fsp3) is 0.625. The van der Waals surface area contributed by atoms with E-state index >= 15 is 0 Å². The van der Waals surface area contributed by atoms with Gasteiger partial charge in [-0.1, -0.05) is 34.6 Å². The number of hydrogen-bond donors (Lipinski definition) is 1. The zero-order valence-electron chi connectivity index (χ0n) is 13.1. The van der Waals surface area contributed by atoms with Gasteiger partial charge < -0.3 is 5.32 Å². The van der Waals surface area contributed by atoms with Gasteiger partial charge in [0, 0.05) is 24.4 Å². The second-order valence-corrected chi connectivity index (χ2v) is 7.66. The van der Waals surface area contributed by atoms with Crippen LogP contribution in [0.25, 0.3) is 5.52 Å². The molecule has 1 aliphatic carbocycles. The van der Waals surface area contributed by atoms with Crippen molar-refractivity contribution >= 4 is 11.3 Å². The van der Waals surface area contributed by atoms with E-state index in [1.165, 1.54) is 6.42 Å². The summed E-state index contributed by atoms with van der Waals surface area (Å²) < 4.78 is 1.92. The lowest BCUT2D eigenvalue weighted by molar-refractivity contribution is 0.562. The Morgan fingerprint density at radius 3 is 2.70 bits per heavy atom. The summed E-state index contributed by atoms with van der Waals surface area (Å²) in [6, 6.07) is 2.15. The van der Waals surface area contributed by atoms with Gasteiger partial charge in [0.2, 0.25) is 0 Å². The minimum absolute atomic E-state index is 0.0573. The van der Waals surface area contributed by atoms with Crippen molar-refractivity contribution in [1.82, 2.24) is 14.6 Å². The second kappa shape index (κ2) is 4.21. The molecule has 0 saturated heterocycles. The molecule has 4 heteroatoms. The van der Waals surface area contributed by atoms with Crippen LogP contribution in [0.15, 0.2) is 18.5 Å². The van der Waals surface area contributed by atoms with Gasteiger partial charge in [-0.2, -0.15) is 5.10 Å². The third kappa shape index (κ3) is 2.39. The van der Waals surface area contributed by atoms with E-state index in [-0.39, 0.29) is 5.41 Å². The highest BCUT2D eigenvalue weighted by molar-refractivity contribution is 5.68. The molecule has 0 amide bonds. The van der Waals surface area contributed by atoms with E-state index in [0.29, 0.717) is 5.41 Å². The number of nitrogens with zero attached hydrogens (tertiary/aromatic N) is 3. The van der Waals surface area contributed by atoms with Crippen molar-refractivity contribution in [3.63, 3.8) is 0 Å². The zero-order valence-corrected chi connectivity index (χ0v) is 13.1.